The van der Waals surface area contributed by atoms with Gasteiger partial charge in [-0.15, -0.1) is 0 Å². The van der Waals surface area contributed by atoms with Gasteiger partial charge >= 0.3 is 0 Å². The van der Waals surface area contributed by atoms with E-state index in [4.69, 9.17) is 5.73 Å². The molecule has 1 aromatic heterocycles. The molecule has 0 amide bonds. The average Bonchev–Trinajstić information content (AvgIpc) is 2.97. The highest BCUT2D eigenvalue weighted by Crippen LogP contribution is 2.11. The van der Waals surface area contributed by atoms with Gasteiger partial charge in [-0.2, -0.15) is 0 Å². The first-order valence-corrected chi connectivity index (χ1v) is 8.46. The molecule has 1 heterocycles. The number of benzene rings is 1. The van der Waals surface area contributed by atoms with Crippen LogP contribution < -0.4 is 10.5 Å². The van der Waals surface area contributed by atoms with Gasteiger partial charge in [0.1, 0.15) is 0 Å². The molecule has 0 saturated carbocycles. The maximum Gasteiger partial charge on any atom is 0.215 e. The first kappa shape index (κ1) is 15.7. The molecule has 2 rings (SSSR count). The van der Waals surface area contributed by atoms with Crippen LogP contribution in [0.4, 0.5) is 0 Å². The predicted octanol–water partition coefficient (Wildman–Crippen LogP) is 0.851. The highest BCUT2D eigenvalue weighted by Gasteiger charge is 2.12. The predicted molar refractivity (Wildman–Crippen MR) is 81.8 cm³/mol. The lowest BCUT2D eigenvalue weighted by Crippen LogP contribution is -2.27. The Morgan fingerprint density at radius 1 is 1.24 bits per heavy atom. The van der Waals surface area contributed by atoms with Gasteiger partial charge in [-0.25, -0.2) is 18.1 Å². The van der Waals surface area contributed by atoms with E-state index >= 15 is 0 Å². The van der Waals surface area contributed by atoms with E-state index < -0.39 is 10.0 Å². The minimum Gasteiger partial charge on any atom is -0.337 e. The Morgan fingerprint density at radius 2 is 2.00 bits per heavy atom. The van der Waals surface area contributed by atoms with E-state index in [1.165, 1.54) is 0 Å². The van der Waals surface area contributed by atoms with Gasteiger partial charge in [0.2, 0.25) is 10.0 Å². The first-order valence-electron chi connectivity index (χ1n) is 6.80. The van der Waals surface area contributed by atoms with Crippen LogP contribution in [0.25, 0.3) is 0 Å². The third-order valence-corrected chi connectivity index (χ3v) is 4.49. The molecule has 7 heteroatoms. The fourth-order valence-corrected chi connectivity index (χ4v) is 3.31. The summed E-state index contributed by atoms with van der Waals surface area (Å²) in [6.45, 7) is 1.49. The third-order valence-electron chi connectivity index (χ3n) is 3.16. The van der Waals surface area contributed by atoms with Crippen LogP contribution in [0.1, 0.15) is 17.5 Å². The number of sulfonamides is 1. The summed E-state index contributed by atoms with van der Waals surface area (Å²) in [5, 5.41) is 0. The zero-order valence-corrected chi connectivity index (χ0v) is 12.6. The Balaban J connectivity index is 1.84. The van der Waals surface area contributed by atoms with Crippen LogP contribution in [0.5, 0.6) is 0 Å². The molecule has 0 bridgehead atoms. The molecule has 114 valence electrons. The largest absolute Gasteiger partial charge is 0.337 e. The van der Waals surface area contributed by atoms with Crippen LogP contribution in [0.15, 0.2) is 43.0 Å². The summed E-state index contributed by atoms with van der Waals surface area (Å²) in [4.78, 5) is 3.94. The molecule has 21 heavy (non-hydrogen) atoms. The Bertz CT molecular complexity index is 653. The van der Waals surface area contributed by atoms with Crippen LogP contribution in [0.2, 0.25) is 0 Å². The lowest BCUT2D eigenvalue weighted by Gasteiger charge is -2.10. The molecule has 3 N–H and O–H groups in total. The molecule has 0 aliphatic heterocycles. The van der Waals surface area contributed by atoms with Gasteiger partial charge in [-0.05, 0) is 17.5 Å². The molecule has 0 spiro atoms. The van der Waals surface area contributed by atoms with E-state index in [1.807, 2.05) is 29.0 Å². The van der Waals surface area contributed by atoms with Crippen molar-refractivity contribution in [1.29, 1.82) is 0 Å². The topological polar surface area (TPSA) is 90.0 Å². The number of nitrogens with zero attached hydrogens (tertiary/aromatic N) is 2. The number of hydrogen-bond donors (Lipinski definition) is 2. The van der Waals surface area contributed by atoms with Gasteiger partial charge in [0.05, 0.1) is 12.1 Å². The van der Waals surface area contributed by atoms with Gasteiger partial charge < -0.3 is 10.3 Å². The summed E-state index contributed by atoms with van der Waals surface area (Å²) in [6.07, 6.45) is 5.99. The number of nitrogens with one attached hydrogen (secondary N) is 1. The summed E-state index contributed by atoms with van der Waals surface area (Å²) >= 11 is 0. The van der Waals surface area contributed by atoms with Gasteiger partial charge in [0, 0.05) is 32.0 Å². The summed E-state index contributed by atoms with van der Waals surface area (Å²) in [5.74, 6) is -0.0363. The normalized spacial score (nSPS) is 11.7. The monoisotopic (exact) mass is 308 g/mol. The number of aryl methyl sites for hydroxylation is 1. The fourth-order valence-electron chi connectivity index (χ4n) is 2.06. The molecular formula is C14H20N4O2S. The van der Waals surface area contributed by atoms with Crippen molar-refractivity contribution in [1.82, 2.24) is 14.3 Å². The Hall–Kier alpha value is -1.70. The summed E-state index contributed by atoms with van der Waals surface area (Å²) < 4.78 is 28.7. The Labute approximate surface area is 125 Å². The smallest absolute Gasteiger partial charge is 0.215 e. The average molecular weight is 308 g/mol. The maximum absolute atomic E-state index is 12.1. The van der Waals surface area contributed by atoms with E-state index in [0.29, 0.717) is 19.5 Å². The third kappa shape index (κ3) is 4.96. The number of hydrogen-bond acceptors (Lipinski definition) is 4. The van der Waals surface area contributed by atoms with Gasteiger partial charge in [-0.3, -0.25) is 0 Å². The number of rotatable bonds is 8. The molecule has 1 aromatic carbocycles. The van der Waals surface area contributed by atoms with Crippen LogP contribution in [0.3, 0.4) is 0 Å². The van der Waals surface area contributed by atoms with Crippen molar-refractivity contribution in [2.24, 2.45) is 5.73 Å². The molecule has 0 radical (unpaired) electrons. The van der Waals surface area contributed by atoms with Crippen molar-refractivity contribution in [3.63, 3.8) is 0 Å². The van der Waals surface area contributed by atoms with E-state index in [0.717, 1.165) is 17.7 Å². The van der Waals surface area contributed by atoms with Gasteiger partial charge in [0.15, 0.2) is 0 Å². The van der Waals surface area contributed by atoms with Crippen LogP contribution in [0, 0.1) is 0 Å². The number of nitrogens with two attached hydrogens (primary N) is 1. The zero-order chi connectivity index (χ0) is 15.1. The maximum atomic E-state index is 12.1. The molecule has 2 aromatic rings. The SMILES string of the molecule is NCc1ccccc1CS(=O)(=O)NCCCn1ccnc1. The molecular weight excluding hydrogens is 288 g/mol. The molecule has 0 unspecified atom stereocenters. The second-order valence-corrected chi connectivity index (χ2v) is 6.59. The molecule has 0 atom stereocenters. The number of imidazole rings is 1. The summed E-state index contributed by atoms with van der Waals surface area (Å²) in [7, 11) is -3.34. The molecule has 0 fully saturated rings. The number of aromatic nitrogens is 2. The molecule has 6 nitrogen and oxygen atoms in total. The highest BCUT2D eigenvalue weighted by atomic mass is 32.2. The van der Waals surface area contributed by atoms with Crippen molar-refractivity contribution in [3.05, 3.63) is 54.1 Å². The van der Waals surface area contributed by atoms with E-state index in [-0.39, 0.29) is 5.75 Å². The van der Waals surface area contributed by atoms with Crippen LogP contribution >= 0.6 is 0 Å². The standard InChI is InChI=1S/C14H20N4O2S/c15-10-13-4-1-2-5-14(13)11-21(19,20)17-6-3-8-18-9-7-16-12-18/h1-2,4-5,7,9,12,17H,3,6,8,10-11,15H2. The lowest BCUT2D eigenvalue weighted by molar-refractivity contribution is 0.569. The summed E-state index contributed by atoms with van der Waals surface area (Å²) in [5.41, 5.74) is 7.24. The second-order valence-electron chi connectivity index (χ2n) is 4.78. The van der Waals surface area contributed by atoms with Crippen molar-refractivity contribution < 1.29 is 8.42 Å². The summed E-state index contributed by atoms with van der Waals surface area (Å²) in [6, 6.07) is 7.33. The first-order chi connectivity index (χ1) is 10.1. The highest BCUT2D eigenvalue weighted by molar-refractivity contribution is 7.88. The molecule has 0 aliphatic carbocycles. The van der Waals surface area contributed by atoms with Gasteiger partial charge in [0.25, 0.3) is 0 Å². The van der Waals surface area contributed by atoms with Crippen LogP contribution in [-0.2, 0) is 28.9 Å². The van der Waals surface area contributed by atoms with Crippen molar-refractivity contribution in [3.8, 4) is 0 Å². The van der Waals surface area contributed by atoms with E-state index in [2.05, 4.69) is 9.71 Å². The molecule has 0 saturated heterocycles. The van der Waals surface area contributed by atoms with Crippen molar-refractivity contribution >= 4 is 10.0 Å². The minimum atomic E-state index is -3.34. The second kappa shape index (κ2) is 7.35. The van der Waals surface area contributed by atoms with Crippen molar-refractivity contribution in [2.75, 3.05) is 6.54 Å². The zero-order valence-electron chi connectivity index (χ0n) is 11.8. The molecule has 0 aliphatic rings. The lowest BCUT2D eigenvalue weighted by atomic mass is 10.1. The quantitative estimate of drug-likeness (QED) is 0.708. The van der Waals surface area contributed by atoms with E-state index in [1.54, 1.807) is 18.6 Å². The van der Waals surface area contributed by atoms with Gasteiger partial charge in [-0.1, -0.05) is 24.3 Å². The van der Waals surface area contributed by atoms with Crippen molar-refractivity contribution in [2.45, 2.75) is 25.3 Å². The van der Waals surface area contributed by atoms with Crippen LogP contribution in [-0.4, -0.2) is 24.5 Å². The van der Waals surface area contributed by atoms with E-state index in [9.17, 15) is 8.42 Å². The fraction of sp³-hybridized carbons (Fsp3) is 0.357. The minimum absolute atomic E-state index is 0.0363. The Kier molecular flexibility index (Phi) is 5.49. The Morgan fingerprint density at radius 3 is 2.67 bits per heavy atom.